The molecule has 0 bridgehead atoms. The number of hydrogen-bond donors (Lipinski definition) is 3. The molecule has 3 atom stereocenters. The smallest absolute Gasteiger partial charge is 0.341 e. The van der Waals surface area contributed by atoms with Crippen molar-refractivity contribution in [1.29, 1.82) is 0 Å². The highest BCUT2D eigenvalue weighted by Gasteiger charge is 2.41. The van der Waals surface area contributed by atoms with Crippen LogP contribution in [0.3, 0.4) is 0 Å². The highest BCUT2D eigenvalue weighted by atomic mass is 35.5. The molecule has 1 fully saturated rings. The number of carbonyl (C=O) groups is 2. The van der Waals surface area contributed by atoms with E-state index in [-0.39, 0.29) is 25.0 Å². The molecule has 0 aromatic heterocycles. The van der Waals surface area contributed by atoms with E-state index in [0.717, 1.165) is 23.1 Å². The molecule has 1 aliphatic heterocycles. The molecular weight excluding hydrogens is 446 g/mol. The number of carboxylic acid groups (broad SMARTS) is 1. The van der Waals surface area contributed by atoms with Gasteiger partial charge in [-0.05, 0) is 48.7 Å². The third kappa shape index (κ3) is 6.69. The summed E-state index contributed by atoms with van der Waals surface area (Å²) >= 11 is 6.22. The van der Waals surface area contributed by atoms with Crippen LogP contribution >= 0.6 is 11.6 Å². The molecule has 3 N–H and O–H groups in total. The molecule has 2 aromatic rings. The maximum absolute atomic E-state index is 12.4. The van der Waals surface area contributed by atoms with Gasteiger partial charge in [-0.3, -0.25) is 4.79 Å². The monoisotopic (exact) mass is 475 g/mol. The predicted octanol–water partition coefficient (Wildman–Crippen LogP) is 4.22. The van der Waals surface area contributed by atoms with Crippen LogP contribution in [-0.2, 0) is 20.7 Å². The van der Waals surface area contributed by atoms with Crippen molar-refractivity contribution in [1.82, 2.24) is 5.32 Å². The fraction of sp³-hybridized carbons (Fsp3) is 0.440. The first-order valence-electron chi connectivity index (χ1n) is 11.0. The number of nitrogens with one attached hydrogen (secondary N) is 1. The van der Waals surface area contributed by atoms with E-state index in [1.54, 1.807) is 12.1 Å². The average Bonchev–Trinajstić information content (AvgIpc) is 2.77. The first-order chi connectivity index (χ1) is 15.7. The number of aliphatic hydroxyl groups is 1. The fourth-order valence-corrected chi connectivity index (χ4v) is 4.42. The molecule has 0 unspecified atom stereocenters. The molecule has 1 aliphatic rings. The van der Waals surface area contributed by atoms with Crippen LogP contribution in [0.25, 0.3) is 0 Å². The Kier molecular flexibility index (Phi) is 8.35. The SMILES string of the molecule is CCc1ccc(OCC(=O)O)c([C@H]2C[C@](C)(NC(=O)CCO)C[C@@H](c3cccc(Cl)c3)O2)c1. The minimum Gasteiger partial charge on any atom is -0.482 e. The van der Waals surface area contributed by atoms with Crippen molar-refractivity contribution in [3.8, 4) is 5.75 Å². The van der Waals surface area contributed by atoms with Crippen molar-refractivity contribution in [2.75, 3.05) is 13.2 Å². The van der Waals surface area contributed by atoms with Crippen molar-refractivity contribution in [2.45, 2.75) is 57.3 Å². The number of ether oxygens (including phenoxy) is 2. The fourth-order valence-electron chi connectivity index (χ4n) is 4.23. The second-order valence-electron chi connectivity index (χ2n) is 8.57. The minimum absolute atomic E-state index is 0.0151. The highest BCUT2D eigenvalue weighted by molar-refractivity contribution is 6.30. The number of rotatable bonds is 9. The number of carbonyl (C=O) groups excluding carboxylic acids is 1. The summed E-state index contributed by atoms with van der Waals surface area (Å²) in [4.78, 5) is 23.5. The van der Waals surface area contributed by atoms with Gasteiger partial charge in [0.25, 0.3) is 0 Å². The quantitative estimate of drug-likeness (QED) is 0.501. The second kappa shape index (κ2) is 11.0. The lowest BCUT2D eigenvalue weighted by molar-refractivity contribution is -0.139. The number of aryl methyl sites for hydroxylation is 1. The Morgan fingerprint density at radius 3 is 2.64 bits per heavy atom. The summed E-state index contributed by atoms with van der Waals surface area (Å²) in [6, 6.07) is 13.1. The summed E-state index contributed by atoms with van der Waals surface area (Å²) in [5.74, 6) is -0.867. The zero-order valence-corrected chi connectivity index (χ0v) is 19.6. The minimum atomic E-state index is -1.07. The van der Waals surface area contributed by atoms with E-state index in [2.05, 4.69) is 5.32 Å². The van der Waals surface area contributed by atoms with Crippen molar-refractivity contribution >= 4 is 23.5 Å². The number of benzene rings is 2. The first-order valence-corrected chi connectivity index (χ1v) is 11.4. The zero-order chi connectivity index (χ0) is 24.0. The van der Waals surface area contributed by atoms with Gasteiger partial charge < -0.3 is 25.0 Å². The second-order valence-corrected chi connectivity index (χ2v) is 9.00. The first kappa shape index (κ1) is 25.0. The van der Waals surface area contributed by atoms with Crippen LogP contribution < -0.4 is 10.1 Å². The molecule has 0 spiro atoms. The Labute approximate surface area is 198 Å². The molecule has 33 heavy (non-hydrogen) atoms. The van der Waals surface area contributed by atoms with Crippen LogP contribution in [0.2, 0.25) is 5.02 Å². The van der Waals surface area contributed by atoms with E-state index in [0.29, 0.717) is 23.6 Å². The topological polar surface area (TPSA) is 105 Å². The molecule has 3 rings (SSSR count). The number of hydrogen-bond acceptors (Lipinski definition) is 5. The summed E-state index contributed by atoms with van der Waals surface area (Å²) in [5, 5.41) is 21.9. The number of halogens is 1. The third-order valence-electron chi connectivity index (χ3n) is 5.78. The van der Waals surface area contributed by atoms with E-state index in [1.807, 2.05) is 44.2 Å². The van der Waals surface area contributed by atoms with Gasteiger partial charge >= 0.3 is 5.97 Å². The molecule has 0 radical (unpaired) electrons. The van der Waals surface area contributed by atoms with Crippen molar-refractivity contribution in [3.05, 3.63) is 64.2 Å². The van der Waals surface area contributed by atoms with E-state index >= 15 is 0 Å². The molecule has 2 aromatic carbocycles. The molecule has 8 heteroatoms. The lowest BCUT2D eigenvalue weighted by Crippen LogP contribution is -2.51. The molecule has 7 nitrogen and oxygen atoms in total. The molecular formula is C25H30ClNO6. The van der Waals surface area contributed by atoms with E-state index in [1.165, 1.54) is 0 Å². The molecule has 1 heterocycles. The van der Waals surface area contributed by atoms with Crippen LogP contribution in [0.4, 0.5) is 0 Å². The van der Waals surface area contributed by atoms with Crippen LogP contribution in [0, 0.1) is 0 Å². The van der Waals surface area contributed by atoms with Crippen molar-refractivity contribution in [2.24, 2.45) is 0 Å². The van der Waals surface area contributed by atoms with E-state index in [9.17, 15) is 14.7 Å². The normalized spacial score (nSPS) is 22.5. The Balaban J connectivity index is 2.00. The van der Waals surface area contributed by atoms with E-state index in [4.69, 9.17) is 26.2 Å². The summed E-state index contributed by atoms with van der Waals surface area (Å²) in [7, 11) is 0. The van der Waals surface area contributed by atoms with Crippen LogP contribution in [0.1, 0.15) is 62.0 Å². The van der Waals surface area contributed by atoms with Crippen LogP contribution in [-0.4, -0.2) is 40.8 Å². The Morgan fingerprint density at radius 2 is 1.97 bits per heavy atom. The van der Waals surface area contributed by atoms with Gasteiger partial charge in [0.1, 0.15) is 5.75 Å². The van der Waals surface area contributed by atoms with Gasteiger partial charge in [-0.15, -0.1) is 0 Å². The number of aliphatic hydroxyl groups excluding tert-OH is 1. The number of aliphatic carboxylic acids is 1. The predicted molar refractivity (Wildman–Crippen MR) is 124 cm³/mol. The average molecular weight is 476 g/mol. The Hall–Kier alpha value is -2.61. The van der Waals surface area contributed by atoms with Crippen LogP contribution in [0.5, 0.6) is 5.75 Å². The largest absolute Gasteiger partial charge is 0.482 e. The summed E-state index contributed by atoms with van der Waals surface area (Å²) in [6.45, 7) is 3.29. The molecule has 0 saturated carbocycles. The third-order valence-corrected chi connectivity index (χ3v) is 6.02. The Morgan fingerprint density at radius 1 is 1.21 bits per heavy atom. The summed E-state index contributed by atoms with van der Waals surface area (Å²) < 4.78 is 12.1. The zero-order valence-electron chi connectivity index (χ0n) is 18.8. The maximum atomic E-state index is 12.4. The molecule has 1 saturated heterocycles. The van der Waals surface area contributed by atoms with Gasteiger partial charge in [-0.25, -0.2) is 4.79 Å². The molecule has 0 aliphatic carbocycles. The lowest BCUT2D eigenvalue weighted by Gasteiger charge is -2.43. The van der Waals surface area contributed by atoms with Gasteiger partial charge in [-0.2, -0.15) is 0 Å². The van der Waals surface area contributed by atoms with Gasteiger partial charge in [-0.1, -0.05) is 36.7 Å². The highest BCUT2D eigenvalue weighted by Crippen LogP contribution is 2.46. The summed E-state index contributed by atoms with van der Waals surface area (Å²) in [5.41, 5.74) is 2.06. The van der Waals surface area contributed by atoms with Crippen LogP contribution in [0.15, 0.2) is 42.5 Å². The van der Waals surface area contributed by atoms with Gasteiger partial charge in [0.05, 0.1) is 18.8 Å². The lowest BCUT2D eigenvalue weighted by atomic mass is 9.81. The number of carboxylic acids is 1. The Bertz CT molecular complexity index is 997. The van der Waals surface area contributed by atoms with Gasteiger partial charge in [0.2, 0.25) is 5.91 Å². The van der Waals surface area contributed by atoms with Gasteiger partial charge in [0.15, 0.2) is 6.61 Å². The van der Waals surface area contributed by atoms with Crippen molar-refractivity contribution < 1.29 is 29.3 Å². The molecule has 1 amide bonds. The number of amides is 1. The molecule has 178 valence electrons. The summed E-state index contributed by atoms with van der Waals surface area (Å²) in [6.07, 6.45) is 0.956. The standard InChI is InChI=1S/C25H30ClNO6/c1-3-16-7-8-20(32-15-24(30)31)19(11-16)22-14-25(2,27-23(29)9-10-28)13-21(33-22)17-5-4-6-18(26)12-17/h4-8,11-12,21-22,28H,3,9-10,13-15H2,1-2H3,(H,27,29)(H,30,31)/t21-,22+,25+/m0/s1. The maximum Gasteiger partial charge on any atom is 0.341 e. The van der Waals surface area contributed by atoms with Gasteiger partial charge in [0, 0.05) is 35.4 Å². The van der Waals surface area contributed by atoms with Crippen molar-refractivity contribution in [3.63, 3.8) is 0 Å². The van der Waals surface area contributed by atoms with E-state index < -0.39 is 24.2 Å².